The van der Waals surface area contributed by atoms with E-state index in [9.17, 15) is 0 Å². The fraction of sp³-hybridized carbons (Fsp3) is 0.545. The van der Waals surface area contributed by atoms with Crippen LogP contribution >= 0.6 is 11.6 Å². The summed E-state index contributed by atoms with van der Waals surface area (Å²) in [7, 11) is 3.28. The highest BCUT2D eigenvalue weighted by Gasteiger charge is 2.14. The summed E-state index contributed by atoms with van der Waals surface area (Å²) in [5, 5.41) is 7.78. The normalized spacial score (nSPS) is 12.8. The molecular formula is C11H16ClN5O2. The van der Waals surface area contributed by atoms with Crippen molar-refractivity contribution >= 4 is 23.2 Å². The van der Waals surface area contributed by atoms with E-state index in [1.54, 1.807) is 18.7 Å². The number of methoxy groups -OCH3 is 2. The van der Waals surface area contributed by atoms with Crippen molar-refractivity contribution in [3.05, 3.63) is 17.0 Å². The van der Waals surface area contributed by atoms with Gasteiger partial charge in [-0.05, 0) is 6.92 Å². The molecule has 0 amide bonds. The lowest BCUT2D eigenvalue weighted by Gasteiger charge is -2.17. The molecule has 0 radical (unpaired) electrons. The Morgan fingerprint density at radius 1 is 1.47 bits per heavy atom. The Bertz CT molecular complexity index is 559. The molecule has 0 aliphatic rings. The van der Waals surface area contributed by atoms with Crippen molar-refractivity contribution < 1.29 is 9.47 Å². The van der Waals surface area contributed by atoms with Crippen LogP contribution in [-0.4, -0.2) is 53.1 Å². The van der Waals surface area contributed by atoms with Crippen LogP contribution in [0.25, 0.3) is 5.78 Å². The first kappa shape index (κ1) is 14.0. The number of aromatic nitrogens is 4. The van der Waals surface area contributed by atoms with Crippen molar-refractivity contribution in [2.75, 3.05) is 32.7 Å². The van der Waals surface area contributed by atoms with Gasteiger partial charge in [0, 0.05) is 26.3 Å². The van der Waals surface area contributed by atoms with Gasteiger partial charge in [-0.25, -0.2) is 0 Å². The average molecular weight is 286 g/mol. The quantitative estimate of drug-likeness (QED) is 0.803. The molecule has 2 heterocycles. The van der Waals surface area contributed by atoms with Gasteiger partial charge in [0.2, 0.25) is 0 Å². The van der Waals surface area contributed by atoms with E-state index in [1.165, 1.54) is 6.33 Å². The summed E-state index contributed by atoms with van der Waals surface area (Å²) in [5.41, 5.74) is 0.812. The third kappa shape index (κ3) is 2.94. The first-order valence-electron chi connectivity index (χ1n) is 5.78. The van der Waals surface area contributed by atoms with Crippen LogP contribution in [-0.2, 0) is 9.47 Å². The highest BCUT2D eigenvalue weighted by atomic mass is 35.5. The number of halogens is 1. The zero-order valence-corrected chi connectivity index (χ0v) is 11.8. The Kier molecular flexibility index (Phi) is 4.52. The number of ether oxygens (including phenoxy) is 2. The van der Waals surface area contributed by atoms with Crippen LogP contribution in [0.15, 0.2) is 6.33 Å². The molecule has 0 aliphatic heterocycles. The van der Waals surface area contributed by atoms with Crippen LogP contribution < -0.4 is 5.32 Å². The van der Waals surface area contributed by atoms with E-state index in [1.807, 2.05) is 6.92 Å². The molecule has 0 fully saturated rings. The molecule has 1 atom stereocenters. The Labute approximate surface area is 115 Å². The summed E-state index contributed by atoms with van der Waals surface area (Å²) < 4.78 is 12.0. The van der Waals surface area contributed by atoms with Crippen molar-refractivity contribution in [3.63, 3.8) is 0 Å². The zero-order chi connectivity index (χ0) is 13.8. The van der Waals surface area contributed by atoms with Gasteiger partial charge in [0.1, 0.15) is 17.3 Å². The lowest BCUT2D eigenvalue weighted by atomic mass is 10.3. The Hall–Kier alpha value is -1.44. The molecular weight excluding hydrogens is 270 g/mol. The van der Waals surface area contributed by atoms with Gasteiger partial charge in [-0.1, -0.05) is 11.6 Å². The van der Waals surface area contributed by atoms with E-state index in [0.717, 1.165) is 11.4 Å². The molecule has 1 N–H and O–H groups in total. The summed E-state index contributed by atoms with van der Waals surface area (Å²) in [5.74, 6) is 1.21. The van der Waals surface area contributed by atoms with Gasteiger partial charge in [-0.3, -0.25) is 0 Å². The van der Waals surface area contributed by atoms with Crippen LogP contribution in [0, 0.1) is 6.92 Å². The van der Waals surface area contributed by atoms with Crippen molar-refractivity contribution in [1.29, 1.82) is 0 Å². The third-order valence-electron chi connectivity index (χ3n) is 2.79. The lowest BCUT2D eigenvalue weighted by molar-refractivity contribution is 0.0365. The molecule has 2 aromatic heterocycles. The Balaban J connectivity index is 2.24. The number of rotatable bonds is 6. The van der Waals surface area contributed by atoms with Gasteiger partial charge < -0.3 is 14.8 Å². The summed E-state index contributed by atoms with van der Waals surface area (Å²) in [4.78, 5) is 8.16. The van der Waals surface area contributed by atoms with Crippen LogP contribution in [0.3, 0.4) is 0 Å². The minimum absolute atomic E-state index is 0.0603. The molecule has 0 spiro atoms. The number of nitrogens with one attached hydrogen (secondary N) is 1. The predicted octanol–water partition coefficient (Wildman–Crippen LogP) is 1.16. The Morgan fingerprint density at radius 3 is 2.95 bits per heavy atom. The molecule has 8 heteroatoms. The fourth-order valence-corrected chi connectivity index (χ4v) is 1.88. The van der Waals surface area contributed by atoms with E-state index in [4.69, 9.17) is 21.1 Å². The van der Waals surface area contributed by atoms with Gasteiger partial charge in [-0.15, -0.1) is 0 Å². The highest BCUT2D eigenvalue weighted by molar-refractivity contribution is 6.30. The zero-order valence-electron chi connectivity index (χ0n) is 11.1. The van der Waals surface area contributed by atoms with E-state index >= 15 is 0 Å². The van der Waals surface area contributed by atoms with E-state index in [-0.39, 0.29) is 6.10 Å². The number of nitrogens with zero attached hydrogens (tertiary/aromatic N) is 4. The van der Waals surface area contributed by atoms with Crippen molar-refractivity contribution in [3.8, 4) is 0 Å². The van der Waals surface area contributed by atoms with Crippen LogP contribution in [0.5, 0.6) is 0 Å². The maximum Gasteiger partial charge on any atom is 0.255 e. The minimum atomic E-state index is -0.0603. The van der Waals surface area contributed by atoms with Gasteiger partial charge >= 0.3 is 0 Å². The number of anilines is 1. The molecule has 0 aromatic carbocycles. The molecule has 7 nitrogen and oxygen atoms in total. The van der Waals surface area contributed by atoms with E-state index < -0.39 is 0 Å². The van der Waals surface area contributed by atoms with Crippen molar-refractivity contribution in [2.45, 2.75) is 13.0 Å². The first-order chi connectivity index (χ1) is 9.17. The number of fused-ring (bicyclic) bond motifs is 1. The highest BCUT2D eigenvalue weighted by Crippen LogP contribution is 2.21. The van der Waals surface area contributed by atoms with Crippen molar-refractivity contribution in [2.24, 2.45) is 0 Å². The fourth-order valence-electron chi connectivity index (χ4n) is 1.71. The first-order valence-corrected chi connectivity index (χ1v) is 6.16. The summed E-state index contributed by atoms with van der Waals surface area (Å²) in [6.45, 7) is 2.94. The maximum absolute atomic E-state index is 6.07. The molecule has 1 unspecified atom stereocenters. The van der Waals surface area contributed by atoms with Gasteiger partial charge in [-0.2, -0.15) is 19.6 Å². The van der Waals surface area contributed by atoms with E-state index in [0.29, 0.717) is 24.1 Å². The summed E-state index contributed by atoms with van der Waals surface area (Å²) >= 11 is 6.07. The summed E-state index contributed by atoms with van der Waals surface area (Å²) in [6, 6.07) is 0. The molecule has 104 valence electrons. The van der Waals surface area contributed by atoms with Gasteiger partial charge in [0.05, 0.1) is 12.7 Å². The Morgan fingerprint density at radius 2 is 2.26 bits per heavy atom. The maximum atomic E-state index is 6.07. The molecule has 0 bridgehead atoms. The largest absolute Gasteiger partial charge is 0.382 e. The minimum Gasteiger partial charge on any atom is -0.382 e. The SMILES string of the molecule is COCC(CNc1c(C)c(Cl)nc2ncnn12)OC. The van der Waals surface area contributed by atoms with Crippen LogP contribution in [0.1, 0.15) is 5.56 Å². The van der Waals surface area contributed by atoms with Gasteiger partial charge in [0.15, 0.2) is 0 Å². The number of hydrogen-bond acceptors (Lipinski definition) is 6. The van der Waals surface area contributed by atoms with E-state index in [2.05, 4.69) is 20.4 Å². The lowest BCUT2D eigenvalue weighted by Crippen LogP contribution is -2.27. The second kappa shape index (κ2) is 6.14. The third-order valence-corrected chi connectivity index (χ3v) is 3.16. The van der Waals surface area contributed by atoms with Crippen molar-refractivity contribution in [1.82, 2.24) is 19.6 Å². The second-order valence-corrected chi connectivity index (χ2v) is 4.40. The summed E-state index contributed by atoms with van der Waals surface area (Å²) in [6.07, 6.45) is 1.38. The average Bonchev–Trinajstić information content (AvgIpc) is 2.85. The molecule has 0 saturated carbocycles. The molecule has 0 aliphatic carbocycles. The smallest absolute Gasteiger partial charge is 0.255 e. The molecule has 0 saturated heterocycles. The second-order valence-electron chi connectivity index (χ2n) is 4.04. The predicted molar refractivity (Wildman–Crippen MR) is 71.7 cm³/mol. The monoisotopic (exact) mass is 285 g/mol. The van der Waals surface area contributed by atoms with Crippen LogP contribution in [0.4, 0.5) is 5.82 Å². The van der Waals surface area contributed by atoms with Crippen LogP contribution in [0.2, 0.25) is 5.15 Å². The van der Waals surface area contributed by atoms with Gasteiger partial charge in [0.25, 0.3) is 5.78 Å². The number of hydrogen-bond donors (Lipinski definition) is 1. The molecule has 2 aromatic rings. The molecule has 19 heavy (non-hydrogen) atoms. The topological polar surface area (TPSA) is 73.6 Å². The standard InChI is InChI=1S/C11H16ClN5O2/c1-7-9(12)16-11-14-6-15-17(11)10(7)13-4-8(19-3)5-18-2/h6,8,13H,4-5H2,1-3H3. The molecule has 2 rings (SSSR count).